The van der Waals surface area contributed by atoms with Gasteiger partial charge in [0.25, 0.3) is 5.91 Å². The Morgan fingerprint density at radius 2 is 1.90 bits per heavy atom. The number of hydrogen-bond donors (Lipinski definition) is 1. The maximum atomic E-state index is 13.0. The van der Waals surface area contributed by atoms with Gasteiger partial charge in [0.2, 0.25) is 0 Å². The van der Waals surface area contributed by atoms with E-state index in [2.05, 4.69) is 0 Å². The summed E-state index contributed by atoms with van der Waals surface area (Å²) in [5, 5.41) is 0. The molecule has 0 saturated heterocycles. The van der Waals surface area contributed by atoms with Crippen LogP contribution in [-0.2, 0) is 6.42 Å². The molecule has 4 heteroatoms. The van der Waals surface area contributed by atoms with E-state index in [9.17, 15) is 9.18 Å². The molecule has 0 fully saturated rings. The molecule has 2 N–H and O–H groups in total. The third-order valence-electron chi connectivity index (χ3n) is 3.31. The molecule has 2 rings (SSSR count). The van der Waals surface area contributed by atoms with Crippen molar-refractivity contribution < 1.29 is 9.18 Å². The first kappa shape index (κ1) is 15.2. The zero-order valence-corrected chi connectivity index (χ0v) is 12.1. The average Bonchev–Trinajstić information content (AvgIpc) is 2.50. The molecule has 0 radical (unpaired) electrons. The number of carbonyl (C=O) groups is 1. The van der Waals surface area contributed by atoms with E-state index in [0.717, 1.165) is 12.0 Å². The van der Waals surface area contributed by atoms with Crippen molar-refractivity contribution in [3.05, 3.63) is 65.5 Å². The molecule has 21 heavy (non-hydrogen) atoms. The molecule has 0 aliphatic carbocycles. The molecule has 0 atom stereocenters. The summed E-state index contributed by atoms with van der Waals surface area (Å²) < 4.78 is 13.0. The lowest BCUT2D eigenvalue weighted by molar-refractivity contribution is 0.0988. The van der Waals surface area contributed by atoms with Crippen molar-refractivity contribution in [2.75, 3.05) is 18.0 Å². The second-order valence-corrected chi connectivity index (χ2v) is 4.76. The van der Waals surface area contributed by atoms with E-state index in [1.807, 2.05) is 25.1 Å². The number of nitrogens with zero attached hydrogens (tertiary/aromatic N) is 1. The Labute approximate surface area is 124 Å². The molecule has 0 spiro atoms. The van der Waals surface area contributed by atoms with Crippen LogP contribution in [0.5, 0.6) is 0 Å². The maximum Gasteiger partial charge on any atom is 0.258 e. The van der Waals surface area contributed by atoms with Gasteiger partial charge in [0.05, 0.1) is 0 Å². The minimum Gasteiger partial charge on any atom is -0.330 e. The van der Waals surface area contributed by atoms with Gasteiger partial charge >= 0.3 is 0 Å². The summed E-state index contributed by atoms with van der Waals surface area (Å²) in [6.45, 7) is 2.96. The van der Waals surface area contributed by atoms with Crippen LogP contribution in [0.4, 0.5) is 10.1 Å². The lowest BCUT2D eigenvalue weighted by atomic mass is 10.1. The van der Waals surface area contributed by atoms with E-state index in [-0.39, 0.29) is 11.7 Å². The van der Waals surface area contributed by atoms with E-state index < -0.39 is 0 Å². The van der Waals surface area contributed by atoms with Crippen LogP contribution in [0.25, 0.3) is 0 Å². The fourth-order valence-corrected chi connectivity index (χ4v) is 2.25. The van der Waals surface area contributed by atoms with Gasteiger partial charge in [0.1, 0.15) is 5.82 Å². The van der Waals surface area contributed by atoms with Crippen LogP contribution in [0.15, 0.2) is 48.5 Å². The van der Waals surface area contributed by atoms with Crippen molar-refractivity contribution in [1.82, 2.24) is 0 Å². The molecule has 3 nitrogen and oxygen atoms in total. The number of rotatable bonds is 5. The van der Waals surface area contributed by atoms with E-state index >= 15 is 0 Å². The quantitative estimate of drug-likeness (QED) is 0.918. The third kappa shape index (κ3) is 3.67. The summed E-state index contributed by atoms with van der Waals surface area (Å²) in [6, 6.07) is 13.4. The van der Waals surface area contributed by atoms with Gasteiger partial charge in [-0.2, -0.15) is 0 Å². The van der Waals surface area contributed by atoms with Crippen LogP contribution in [0, 0.1) is 5.82 Å². The summed E-state index contributed by atoms with van der Waals surface area (Å²) in [4.78, 5) is 14.2. The first-order valence-electron chi connectivity index (χ1n) is 7.02. The first-order valence-corrected chi connectivity index (χ1v) is 7.02. The van der Waals surface area contributed by atoms with Gasteiger partial charge in [0.15, 0.2) is 0 Å². The molecule has 1 amide bonds. The van der Waals surface area contributed by atoms with Crippen molar-refractivity contribution in [1.29, 1.82) is 0 Å². The second-order valence-electron chi connectivity index (χ2n) is 4.76. The molecule has 0 heterocycles. The van der Waals surface area contributed by atoms with Crippen LogP contribution < -0.4 is 10.6 Å². The summed E-state index contributed by atoms with van der Waals surface area (Å²) in [5.41, 5.74) is 7.89. The van der Waals surface area contributed by atoms with Crippen LogP contribution in [0.2, 0.25) is 0 Å². The molecular weight excluding hydrogens is 267 g/mol. The highest BCUT2D eigenvalue weighted by Crippen LogP contribution is 2.18. The van der Waals surface area contributed by atoms with Gasteiger partial charge in [-0.25, -0.2) is 4.39 Å². The van der Waals surface area contributed by atoms with Gasteiger partial charge in [-0.3, -0.25) is 4.79 Å². The zero-order chi connectivity index (χ0) is 15.2. The minimum atomic E-state index is -0.313. The Balaban J connectivity index is 2.27. The fourth-order valence-electron chi connectivity index (χ4n) is 2.25. The van der Waals surface area contributed by atoms with Gasteiger partial charge < -0.3 is 10.6 Å². The fraction of sp³-hybridized carbons (Fsp3) is 0.235. The van der Waals surface area contributed by atoms with Crippen LogP contribution in [0.1, 0.15) is 22.8 Å². The predicted octanol–water partition coefficient (Wildman–Crippen LogP) is 2.99. The molecule has 2 aromatic rings. The third-order valence-corrected chi connectivity index (χ3v) is 3.31. The van der Waals surface area contributed by atoms with Gasteiger partial charge in [-0.05, 0) is 61.9 Å². The Kier molecular flexibility index (Phi) is 5.06. The smallest absolute Gasteiger partial charge is 0.258 e. The number of anilines is 1. The van der Waals surface area contributed by atoms with E-state index in [1.54, 1.807) is 23.1 Å². The van der Waals surface area contributed by atoms with Crippen molar-refractivity contribution in [3.63, 3.8) is 0 Å². The first-order chi connectivity index (χ1) is 10.2. The SMILES string of the molecule is CCN(C(=O)c1cccc(CCN)c1)c1ccc(F)cc1. The lowest BCUT2D eigenvalue weighted by Crippen LogP contribution is -2.30. The molecule has 0 aliphatic heterocycles. The molecule has 2 aromatic carbocycles. The molecule has 0 unspecified atom stereocenters. The summed E-state index contributed by atoms with van der Waals surface area (Å²) in [6.07, 6.45) is 0.740. The number of halogens is 1. The largest absolute Gasteiger partial charge is 0.330 e. The Morgan fingerprint density at radius 1 is 1.19 bits per heavy atom. The van der Waals surface area contributed by atoms with E-state index in [4.69, 9.17) is 5.73 Å². The van der Waals surface area contributed by atoms with E-state index in [1.165, 1.54) is 12.1 Å². The van der Waals surface area contributed by atoms with E-state index in [0.29, 0.717) is 24.3 Å². The van der Waals surface area contributed by atoms with Crippen molar-refractivity contribution >= 4 is 11.6 Å². The number of nitrogens with two attached hydrogens (primary N) is 1. The second kappa shape index (κ2) is 6.99. The number of benzene rings is 2. The monoisotopic (exact) mass is 286 g/mol. The molecular formula is C17H19FN2O. The summed E-state index contributed by atoms with van der Waals surface area (Å²) in [7, 11) is 0. The van der Waals surface area contributed by atoms with Gasteiger partial charge in [-0.15, -0.1) is 0 Å². The van der Waals surface area contributed by atoms with Crippen LogP contribution in [0.3, 0.4) is 0 Å². The Bertz CT molecular complexity index is 610. The predicted molar refractivity (Wildman–Crippen MR) is 83.0 cm³/mol. The van der Waals surface area contributed by atoms with Gasteiger partial charge in [-0.1, -0.05) is 12.1 Å². The molecule has 0 aromatic heterocycles. The zero-order valence-electron chi connectivity index (χ0n) is 12.1. The standard InChI is InChI=1S/C17H19FN2O/c1-2-20(16-8-6-15(18)7-9-16)17(21)14-5-3-4-13(12-14)10-11-19/h3-9,12H,2,10-11,19H2,1H3. The number of amides is 1. The molecule has 0 bridgehead atoms. The maximum absolute atomic E-state index is 13.0. The minimum absolute atomic E-state index is 0.0945. The molecule has 110 valence electrons. The number of carbonyl (C=O) groups excluding carboxylic acids is 1. The number of hydrogen-bond acceptors (Lipinski definition) is 2. The van der Waals surface area contributed by atoms with Crippen molar-refractivity contribution in [2.45, 2.75) is 13.3 Å². The van der Waals surface area contributed by atoms with Crippen LogP contribution >= 0.6 is 0 Å². The van der Waals surface area contributed by atoms with Crippen molar-refractivity contribution in [3.8, 4) is 0 Å². The summed E-state index contributed by atoms with van der Waals surface area (Å²) in [5.74, 6) is -0.407. The molecule has 0 saturated carbocycles. The van der Waals surface area contributed by atoms with Crippen molar-refractivity contribution in [2.24, 2.45) is 5.73 Å². The Morgan fingerprint density at radius 3 is 2.52 bits per heavy atom. The topological polar surface area (TPSA) is 46.3 Å². The average molecular weight is 286 g/mol. The lowest BCUT2D eigenvalue weighted by Gasteiger charge is -2.21. The normalized spacial score (nSPS) is 10.4. The Hall–Kier alpha value is -2.20. The van der Waals surface area contributed by atoms with Crippen LogP contribution in [-0.4, -0.2) is 19.0 Å². The highest BCUT2D eigenvalue weighted by molar-refractivity contribution is 6.06. The van der Waals surface area contributed by atoms with Gasteiger partial charge in [0, 0.05) is 17.8 Å². The highest BCUT2D eigenvalue weighted by Gasteiger charge is 2.16. The highest BCUT2D eigenvalue weighted by atomic mass is 19.1. The summed E-state index contributed by atoms with van der Waals surface area (Å²) >= 11 is 0. The molecule has 0 aliphatic rings.